The summed E-state index contributed by atoms with van der Waals surface area (Å²) in [5, 5.41) is 0. The summed E-state index contributed by atoms with van der Waals surface area (Å²) >= 11 is 0. The van der Waals surface area contributed by atoms with Gasteiger partial charge in [-0.25, -0.2) is 0 Å². The van der Waals surface area contributed by atoms with Gasteiger partial charge in [0, 0.05) is 26.2 Å². The summed E-state index contributed by atoms with van der Waals surface area (Å²) in [5.41, 5.74) is 5.64. The van der Waals surface area contributed by atoms with Crippen molar-refractivity contribution in [1.82, 2.24) is 4.90 Å². The van der Waals surface area contributed by atoms with Crippen LogP contribution < -0.4 is 5.73 Å². The highest BCUT2D eigenvalue weighted by Crippen LogP contribution is 2.12. The summed E-state index contributed by atoms with van der Waals surface area (Å²) < 4.78 is 5.26. The number of rotatable bonds is 8. The summed E-state index contributed by atoms with van der Waals surface area (Å²) in [4.78, 5) is 14.0. The fraction of sp³-hybridized carbons (Fsp3) is 0.917. The van der Waals surface area contributed by atoms with E-state index in [9.17, 15) is 4.79 Å². The largest absolute Gasteiger partial charge is 0.380 e. The van der Waals surface area contributed by atoms with E-state index in [1.807, 2.05) is 32.6 Å². The zero-order valence-corrected chi connectivity index (χ0v) is 11.0. The lowest BCUT2D eigenvalue weighted by Crippen LogP contribution is -2.42. The molecule has 0 radical (unpaired) electrons. The first-order valence-corrected chi connectivity index (χ1v) is 6.14. The van der Waals surface area contributed by atoms with Crippen LogP contribution in [0.4, 0.5) is 0 Å². The van der Waals surface area contributed by atoms with E-state index in [1.54, 1.807) is 0 Å². The minimum absolute atomic E-state index is 0.0680. The molecule has 1 amide bonds. The van der Waals surface area contributed by atoms with Crippen LogP contribution in [0, 0.1) is 11.8 Å². The third-order valence-electron chi connectivity index (χ3n) is 2.78. The lowest BCUT2D eigenvalue weighted by atomic mass is 9.94. The zero-order valence-electron chi connectivity index (χ0n) is 11.0. The number of hydrogen-bond donors (Lipinski definition) is 1. The molecule has 4 nitrogen and oxygen atoms in total. The van der Waals surface area contributed by atoms with Crippen molar-refractivity contribution in [2.45, 2.75) is 27.7 Å². The molecule has 0 aromatic heterocycles. The molecule has 16 heavy (non-hydrogen) atoms. The Kier molecular flexibility index (Phi) is 8.21. The first-order chi connectivity index (χ1) is 7.58. The van der Waals surface area contributed by atoms with Gasteiger partial charge >= 0.3 is 0 Å². The van der Waals surface area contributed by atoms with Gasteiger partial charge in [-0.15, -0.1) is 0 Å². The van der Waals surface area contributed by atoms with Crippen LogP contribution in [0.25, 0.3) is 0 Å². The molecule has 1 atom stereocenters. The first kappa shape index (κ1) is 15.4. The highest BCUT2D eigenvalue weighted by atomic mass is 16.5. The molecular formula is C12H26N2O2. The predicted molar refractivity (Wildman–Crippen MR) is 66.1 cm³/mol. The molecular weight excluding hydrogens is 204 g/mol. The van der Waals surface area contributed by atoms with Crippen molar-refractivity contribution < 1.29 is 9.53 Å². The number of nitrogens with two attached hydrogens (primary N) is 1. The summed E-state index contributed by atoms with van der Waals surface area (Å²) in [6, 6.07) is 0. The van der Waals surface area contributed by atoms with Crippen LogP contribution in [-0.4, -0.2) is 43.7 Å². The van der Waals surface area contributed by atoms with Crippen molar-refractivity contribution in [2.24, 2.45) is 17.6 Å². The first-order valence-electron chi connectivity index (χ1n) is 6.14. The van der Waals surface area contributed by atoms with E-state index in [4.69, 9.17) is 10.5 Å². The molecule has 0 aromatic carbocycles. The molecule has 0 rings (SSSR count). The Hall–Kier alpha value is -0.610. The molecule has 0 fully saturated rings. The molecule has 0 aliphatic heterocycles. The Morgan fingerprint density at radius 2 is 2.00 bits per heavy atom. The maximum absolute atomic E-state index is 12.1. The van der Waals surface area contributed by atoms with E-state index in [1.165, 1.54) is 0 Å². The predicted octanol–water partition coefficient (Wildman–Crippen LogP) is 1.10. The maximum atomic E-state index is 12.1. The van der Waals surface area contributed by atoms with Crippen molar-refractivity contribution >= 4 is 5.91 Å². The molecule has 0 aliphatic rings. The molecule has 0 saturated carbocycles. The molecule has 0 aliphatic carbocycles. The Morgan fingerprint density at radius 3 is 2.38 bits per heavy atom. The normalized spacial score (nSPS) is 12.9. The summed E-state index contributed by atoms with van der Waals surface area (Å²) in [7, 11) is 0. The fourth-order valence-corrected chi connectivity index (χ4v) is 1.64. The lowest BCUT2D eigenvalue weighted by Gasteiger charge is -2.27. The quantitative estimate of drug-likeness (QED) is 0.635. The molecule has 2 N–H and O–H groups in total. The minimum atomic E-state index is -0.0680. The molecule has 0 heterocycles. The number of hydrogen-bond acceptors (Lipinski definition) is 3. The number of ether oxygens (including phenoxy) is 1. The monoisotopic (exact) mass is 230 g/mol. The van der Waals surface area contributed by atoms with Gasteiger partial charge in [-0.3, -0.25) is 4.79 Å². The second kappa shape index (κ2) is 8.53. The average Bonchev–Trinajstić information content (AvgIpc) is 2.24. The number of amides is 1. The highest BCUT2D eigenvalue weighted by molar-refractivity contribution is 5.79. The molecule has 0 bridgehead atoms. The van der Waals surface area contributed by atoms with Gasteiger partial charge in [0.2, 0.25) is 5.91 Å². The number of carbonyl (C=O) groups excluding carboxylic acids is 1. The number of nitrogens with zero attached hydrogens (tertiary/aromatic N) is 1. The molecule has 0 aromatic rings. The van der Waals surface area contributed by atoms with Crippen molar-refractivity contribution in [1.29, 1.82) is 0 Å². The Labute approximate surface area is 99.1 Å². The van der Waals surface area contributed by atoms with Crippen LogP contribution in [0.2, 0.25) is 0 Å². The van der Waals surface area contributed by atoms with Gasteiger partial charge in [0.15, 0.2) is 0 Å². The van der Waals surface area contributed by atoms with E-state index < -0.39 is 0 Å². The van der Waals surface area contributed by atoms with Gasteiger partial charge in [0.1, 0.15) is 0 Å². The number of carbonyl (C=O) groups is 1. The van der Waals surface area contributed by atoms with Crippen molar-refractivity contribution in [2.75, 3.05) is 32.8 Å². The van der Waals surface area contributed by atoms with Crippen LogP contribution in [0.5, 0.6) is 0 Å². The van der Waals surface area contributed by atoms with Gasteiger partial charge in [-0.05, 0) is 19.8 Å². The fourth-order valence-electron chi connectivity index (χ4n) is 1.64. The molecule has 0 saturated heterocycles. The van der Waals surface area contributed by atoms with E-state index in [2.05, 4.69) is 0 Å². The van der Waals surface area contributed by atoms with E-state index in [-0.39, 0.29) is 11.8 Å². The Balaban J connectivity index is 4.27. The SMILES string of the molecule is CCOCCN(CC)C(=O)C(CN)C(C)C. The molecule has 0 spiro atoms. The van der Waals surface area contributed by atoms with Crippen LogP contribution in [-0.2, 0) is 9.53 Å². The standard InChI is InChI=1S/C12H26N2O2/c1-5-14(7-8-16-6-2)12(15)11(9-13)10(3)4/h10-11H,5-9,13H2,1-4H3. The lowest BCUT2D eigenvalue weighted by molar-refractivity contribution is -0.137. The van der Waals surface area contributed by atoms with Crippen LogP contribution in [0.1, 0.15) is 27.7 Å². The summed E-state index contributed by atoms with van der Waals surface area (Å²) in [6.07, 6.45) is 0. The zero-order chi connectivity index (χ0) is 12.6. The average molecular weight is 230 g/mol. The van der Waals surface area contributed by atoms with Crippen molar-refractivity contribution in [3.05, 3.63) is 0 Å². The van der Waals surface area contributed by atoms with Gasteiger partial charge in [-0.1, -0.05) is 13.8 Å². The van der Waals surface area contributed by atoms with Gasteiger partial charge < -0.3 is 15.4 Å². The second-order valence-electron chi connectivity index (χ2n) is 4.20. The van der Waals surface area contributed by atoms with Crippen LogP contribution >= 0.6 is 0 Å². The van der Waals surface area contributed by atoms with Gasteiger partial charge in [-0.2, -0.15) is 0 Å². The van der Waals surface area contributed by atoms with E-state index >= 15 is 0 Å². The maximum Gasteiger partial charge on any atom is 0.227 e. The van der Waals surface area contributed by atoms with E-state index in [0.717, 1.165) is 6.54 Å². The topological polar surface area (TPSA) is 55.6 Å². The summed E-state index contributed by atoms with van der Waals surface area (Å²) in [5.74, 6) is 0.375. The van der Waals surface area contributed by atoms with Crippen LogP contribution in [0.15, 0.2) is 0 Å². The third-order valence-corrected chi connectivity index (χ3v) is 2.78. The highest BCUT2D eigenvalue weighted by Gasteiger charge is 2.24. The van der Waals surface area contributed by atoms with Crippen molar-refractivity contribution in [3.63, 3.8) is 0 Å². The molecule has 1 unspecified atom stereocenters. The Morgan fingerprint density at radius 1 is 1.38 bits per heavy atom. The van der Waals surface area contributed by atoms with E-state index in [0.29, 0.717) is 32.2 Å². The Bertz CT molecular complexity index is 195. The van der Waals surface area contributed by atoms with Gasteiger partial charge in [0.25, 0.3) is 0 Å². The summed E-state index contributed by atoms with van der Waals surface area (Å²) in [6.45, 7) is 11.1. The van der Waals surface area contributed by atoms with Gasteiger partial charge in [0.05, 0.1) is 12.5 Å². The van der Waals surface area contributed by atoms with Crippen molar-refractivity contribution in [3.8, 4) is 0 Å². The third kappa shape index (κ3) is 4.94. The second-order valence-corrected chi connectivity index (χ2v) is 4.20. The minimum Gasteiger partial charge on any atom is -0.380 e. The molecule has 96 valence electrons. The molecule has 4 heteroatoms. The number of likely N-dealkylation sites (N-methyl/N-ethyl adjacent to an activating group) is 1. The smallest absolute Gasteiger partial charge is 0.227 e. The van der Waals surface area contributed by atoms with Crippen LogP contribution in [0.3, 0.4) is 0 Å².